The van der Waals surface area contributed by atoms with Crippen LogP contribution >= 0.6 is 0 Å². The van der Waals surface area contributed by atoms with E-state index in [0.29, 0.717) is 18.9 Å². The Labute approximate surface area is 152 Å². The summed E-state index contributed by atoms with van der Waals surface area (Å²) in [5.41, 5.74) is 2.58. The fraction of sp³-hybridized carbons (Fsp3) is 0.650. The van der Waals surface area contributed by atoms with Crippen molar-refractivity contribution in [3.8, 4) is 0 Å². The predicted octanol–water partition coefficient (Wildman–Crippen LogP) is 2.03. The molecule has 1 aromatic rings. The number of piperazine rings is 1. The van der Waals surface area contributed by atoms with Crippen molar-refractivity contribution < 1.29 is 9.90 Å². The fourth-order valence-corrected chi connectivity index (χ4v) is 3.26. The van der Waals surface area contributed by atoms with Gasteiger partial charge in [0.05, 0.1) is 6.10 Å². The molecule has 1 atom stereocenters. The van der Waals surface area contributed by atoms with E-state index in [9.17, 15) is 9.90 Å². The van der Waals surface area contributed by atoms with Crippen molar-refractivity contribution in [1.82, 2.24) is 10.2 Å². The molecule has 0 saturated carbocycles. The van der Waals surface area contributed by atoms with Crippen molar-refractivity contribution in [2.45, 2.75) is 39.7 Å². The number of hydrogen-bond acceptors (Lipinski definition) is 4. The molecule has 1 saturated heterocycles. The third-order valence-corrected chi connectivity index (χ3v) is 4.67. The fourth-order valence-electron chi connectivity index (χ4n) is 3.26. The normalized spacial score (nSPS) is 16.9. The highest BCUT2D eigenvalue weighted by Crippen LogP contribution is 2.17. The Morgan fingerprint density at radius 1 is 1.24 bits per heavy atom. The van der Waals surface area contributed by atoms with E-state index in [0.717, 1.165) is 39.1 Å². The molecule has 5 nitrogen and oxygen atoms in total. The molecule has 140 valence electrons. The molecule has 1 amide bonds. The van der Waals surface area contributed by atoms with Crippen LogP contribution in [0.25, 0.3) is 0 Å². The lowest BCUT2D eigenvalue weighted by Crippen LogP contribution is -2.47. The largest absolute Gasteiger partial charge is 0.391 e. The highest BCUT2D eigenvalue weighted by Gasteiger charge is 2.18. The molecule has 0 bridgehead atoms. The van der Waals surface area contributed by atoms with Crippen LogP contribution in [0.4, 0.5) is 5.69 Å². The van der Waals surface area contributed by atoms with E-state index >= 15 is 0 Å². The SMILES string of the molecule is Cc1cccc(N2CCN(CCC(=O)NCC(O)CC(C)C)CC2)c1. The van der Waals surface area contributed by atoms with Crippen LogP contribution < -0.4 is 10.2 Å². The summed E-state index contributed by atoms with van der Waals surface area (Å²) in [5.74, 6) is 0.473. The molecule has 1 fully saturated rings. The van der Waals surface area contributed by atoms with Crippen LogP contribution in [0, 0.1) is 12.8 Å². The smallest absolute Gasteiger partial charge is 0.221 e. The van der Waals surface area contributed by atoms with E-state index in [1.54, 1.807) is 0 Å². The quantitative estimate of drug-likeness (QED) is 0.755. The molecule has 0 radical (unpaired) electrons. The summed E-state index contributed by atoms with van der Waals surface area (Å²) in [6.45, 7) is 11.4. The Morgan fingerprint density at radius 2 is 1.96 bits per heavy atom. The van der Waals surface area contributed by atoms with Crippen LogP contribution in [0.15, 0.2) is 24.3 Å². The molecule has 0 spiro atoms. The molecule has 1 heterocycles. The Bertz CT molecular complexity index is 539. The third kappa shape index (κ3) is 7.04. The van der Waals surface area contributed by atoms with Gasteiger partial charge in [-0.1, -0.05) is 26.0 Å². The number of amides is 1. The Kier molecular flexibility index (Phi) is 7.72. The maximum atomic E-state index is 11.9. The molecule has 1 unspecified atom stereocenters. The standard InChI is InChI=1S/C20H33N3O2/c1-16(2)13-19(24)15-21-20(25)7-8-22-9-11-23(12-10-22)18-6-4-5-17(3)14-18/h4-6,14,16,19,24H,7-13,15H2,1-3H3,(H,21,25). The third-order valence-electron chi connectivity index (χ3n) is 4.67. The van der Waals surface area contributed by atoms with Crippen LogP contribution in [-0.2, 0) is 4.79 Å². The molecule has 0 aromatic heterocycles. The van der Waals surface area contributed by atoms with Crippen LogP contribution in [0.2, 0.25) is 0 Å². The first-order valence-corrected chi connectivity index (χ1v) is 9.42. The summed E-state index contributed by atoms with van der Waals surface area (Å²) in [6, 6.07) is 8.62. The molecular formula is C20H33N3O2. The Morgan fingerprint density at radius 3 is 2.60 bits per heavy atom. The maximum Gasteiger partial charge on any atom is 0.221 e. The van der Waals surface area contributed by atoms with Crippen LogP contribution in [0.3, 0.4) is 0 Å². The molecule has 0 aliphatic carbocycles. The van der Waals surface area contributed by atoms with Gasteiger partial charge in [0.1, 0.15) is 0 Å². The van der Waals surface area contributed by atoms with Crippen molar-refractivity contribution in [3.05, 3.63) is 29.8 Å². The van der Waals surface area contributed by atoms with Gasteiger partial charge >= 0.3 is 0 Å². The van der Waals surface area contributed by atoms with Gasteiger partial charge in [0.25, 0.3) is 0 Å². The molecule has 1 aliphatic rings. The highest BCUT2D eigenvalue weighted by atomic mass is 16.3. The van der Waals surface area contributed by atoms with Gasteiger partial charge in [-0.05, 0) is 37.0 Å². The highest BCUT2D eigenvalue weighted by molar-refractivity contribution is 5.76. The van der Waals surface area contributed by atoms with Crippen LogP contribution in [-0.4, -0.2) is 61.3 Å². The van der Waals surface area contributed by atoms with Gasteiger partial charge in [-0.3, -0.25) is 9.69 Å². The Balaban J connectivity index is 1.64. The number of benzene rings is 1. The van der Waals surface area contributed by atoms with Crippen molar-refractivity contribution in [2.75, 3.05) is 44.2 Å². The lowest BCUT2D eigenvalue weighted by atomic mass is 10.1. The molecule has 1 aliphatic heterocycles. The summed E-state index contributed by atoms with van der Waals surface area (Å²) in [5, 5.41) is 12.7. The zero-order valence-electron chi connectivity index (χ0n) is 15.9. The summed E-state index contributed by atoms with van der Waals surface area (Å²) in [7, 11) is 0. The van der Waals surface area contributed by atoms with Gasteiger partial charge in [0.2, 0.25) is 5.91 Å². The predicted molar refractivity (Wildman–Crippen MR) is 103 cm³/mol. The summed E-state index contributed by atoms with van der Waals surface area (Å²) in [4.78, 5) is 16.7. The minimum atomic E-state index is -0.443. The van der Waals surface area contributed by atoms with Gasteiger partial charge in [0, 0.05) is 51.4 Å². The van der Waals surface area contributed by atoms with Gasteiger partial charge in [-0.15, -0.1) is 0 Å². The first kappa shape index (κ1) is 19.7. The van der Waals surface area contributed by atoms with Gasteiger partial charge in [0.15, 0.2) is 0 Å². The second kappa shape index (κ2) is 9.78. The summed E-state index contributed by atoms with van der Waals surface area (Å²) < 4.78 is 0. The van der Waals surface area contributed by atoms with Gasteiger partial charge in [-0.25, -0.2) is 0 Å². The van der Waals surface area contributed by atoms with Crippen molar-refractivity contribution in [1.29, 1.82) is 0 Å². The second-order valence-corrected chi connectivity index (χ2v) is 7.51. The first-order valence-electron chi connectivity index (χ1n) is 9.42. The van der Waals surface area contributed by atoms with E-state index in [-0.39, 0.29) is 5.91 Å². The number of nitrogens with zero attached hydrogens (tertiary/aromatic N) is 2. The minimum Gasteiger partial charge on any atom is -0.391 e. The second-order valence-electron chi connectivity index (χ2n) is 7.51. The zero-order valence-corrected chi connectivity index (χ0v) is 15.9. The van der Waals surface area contributed by atoms with Crippen LogP contribution in [0.1, 0.15) is 32.3 Å². The number of aryl methyl sites for hydroxylation is 1. The average molecular weight is 348 g/mol. The van der Waals surface area contributed by atoms with Crippen molar-refractivity contribution >= 4 is 11.6 Å². The van der Waals surface area contributed by atoms with Crippen molar-refractivity contribution in [2.24, 2.45) is 5.92 Å². The topological polar surface area (TPSA) is 55.8 Å². The molecule has 25 heavy (non-hydrogen) atoms. The minimum absolute atomic E-state index is 0.0314. The molecule has 2 N–H and O–H groups in total. The molecule has 1 aromatic carbocycles. The summed E-state index contributed by atoms with van der Waals surface area (Å²) in [6.07, 6.45) is 0.780. The molecule has 5 heteroatoms. The summed E-state index contributed by atoms with van der Waals surface area (Å²) >= 11 is 0. The number of aliphatic hydroxyl groups is 1. The Hall–Kier alpha value is -1.59. The van der Waals surface area contributed by atoms with Gasteiger partial charge < -0.3 is 15.3 Å². The zero-order chi connectivity index (χ0) is 18.2. The van der Waals surface area contributed by atoms with E-state index < -0.39 is 6.10 Å². The lowest BCUT2D eigenvalue weighted by molar-refractivity contribution is -0.121. The van der Waals surface area contributed by atoms with Crippen LogP contribution in [0.5, 0.6) is 0 Å². The van der Waals surface area contributed by atoms with E-state index in [4.69, 9.17) is 0 Å². The number of anilines is 1. The number of hydrogen-bond donors (Lipinski definition) is 2. The monoisotopic (exact) mass is 347 g/mol. The van der Waals surface area contributed by atoms with E-state index in [1.807, 2.05) is 0 Å². The average Bonchev–Trinajstić information content (AvgIpc) is 2.58. The van der Waals surface area contributed by atoms with Crippen molar-refractivity contribution in [3.63, 3.8) is 0 Å². The molecule has 2 rings (SSSR count). The number of carbonyl (C=O) groups is 1. The van der Waals surface area contributed by atoms with E-state index in [2.05, 4.69) is 60.2 Å². The number of rotatable bonds is 8. The molecular weight excluding hydrogens is 314 g/mol. The van der Waals surface area contributed by atoms with Gasteiger partial charge in [-0.2, -0.15) is 0 Å². The number of aliphatic hydroxyl groups excluding tert-OH is 1. The first-order chi connectivity index (χ1) is 11.9. The number of nitrogens with one attached hydrogen (secondary N) is 1. The van der Waals surface area contributed by atoms with E-state index in [1.165, 1.54) is 11.3 Å². The number of carbonyl (C=O) groups excluding carboxylic acids is 1. The lowest BCUT2D eigenvalue weighted by Gasteiger charge is -2.36. The maximum absolute atomic E-state index is 11.9.